The number of halogens is 1. The van der Waals surface area contributed by atoms with Gasteiger partial charge in [0.25, 0.3) is 0 Å². The topological polar surface area (TPSA) is 81.9 Å². The van der Waals surface area contributed by atoms with Crippen molar-refractivity contribution in [3.63, 3.8) is 0 Å². The maximum Gasteiger partial charge on any atom is 0.317 e. The summed E-state index contributed by atoms with van der Waals surface area (Å²) in [4.78, 5) is 9.90. The highest BCUT2D eigenvalue weighted by molar-refractivity contribution is 6.30. The lowest BCUT2D eigenvalue weighted by Crippen LogP contribution is -2.23. The van der Waals surface area contributed by atoms with Gasteiger partial charge in [0.15, 0.2) is 0 Å². The first-order valence-electron chi connectivity index (χ1n) is 5.95. The Morgan fingerprint density at radius 1 is 1.42 bits per heavy atom. The number of rotatable bonds is 6. The first-order chi connectivity index (χ1) is 9.10. The SMILES string of the molecule is CCCCNCC(=O)O.ON=Cc1ccc(Cl)cc1. The number of nitrogens with one attached hydrogen (secondary N) is 1. The van der Waals surface area contributed by atoms with Crippen molar-refractivity contribution in [3.05, 3.63) is 34.9 Å². The molecule has 0 bridgehead atoms. The lowest BCUT2D eigenvalue weighted by atomic mass is 10.2. The van der Waals surface area contributed by atoms with Gasteiger partial charge in [-0.25, -0.2) is 0 Å². The van der Waals surface area contributed by atoms with Crippen molar-refractivity contribution in [1.29, 1.82) is 0 Å². The minimum atomic E-state index is -0.786. The minimum absolute atomic E-state index is 0.0833. The third-order valence-corrected chi connectivity index (χ3v) is 2.31. The van der Waals surface area contributed by atoms with Crippen molar-refractivity contribution in [3.8, 4) is 0 Å². The number of hydrogen-bond donors (Lipinski definition) is 3. The lowest BCUT2D eigenvalue weighted by Gasteiger charge is -1.96. The highest BCUT2D eigenvalue weighted by Crippen LogP contribution is 2.07. The summed E-state index contributed by atoms with van der Waals surface area (Å²) in [5.74, 6) is -0.786. The van der Waals surface area contributed by atoms with E-state index in [0.717, 1.165) is 24.9 Å². The summed E-state index contributed by atoms with van der Waals surface area (Å²) < 4.78 is 0. The number of carboxylic acids is 1. The fourth-order valence-corrected chi connectivity index (χ4v) is 1.24. The minimum Gasteiger partial charge on any atom is -0.480 e. The highest BCUT2D eigenvalue weighted by Gasteiger charge is 1.92. The summed E-state index contributed by atoms with van der Waals surface area (Å²) in [5, 5.41) is 22.6. The van der Waals surface area contributed by atoms with Crippen LogP contribution in [0.4, 0.5) is 0 Å². The van der Waals surface area contributed by atoms with Gasteiger partial charge in [0.2, 0.25) is 0 Å². The Kier molecular flexibility index (Phi) is 10.5. The fourth-order valence-electron chi connectivity index (χ4n) is 1.11. The van der Waals surface area contributed by atoms with Gasteiger partial charge in [-0.3, -0.25) is 4.79 Å². The van der Waals surface area contributed by atoms with Gasteiger partial charge in [0.05, 0.1) is 12.8 Å². The van der Waals surface area contributed by atoms with Crippen LogP contribution in [-0.2, 0) is 4.79 Å². The molecule has 0 saturated heterocycles. The third kappa shape index (κ3) is 11.2. The molecule has 0 aromatic heterocycles. The Morgan fingerprint density at radius 2 is 2.05 bits per heavy atom. The zero-order valence-corrected chi connectivity index (χ0v) is 11.6. The predicted molar refractivity (Wildman–Crippen MR) is 76.2 cm³/mol. The molecule has 0 atom stereocenters. The standard InChI is InChI=1S/C7H6ClNO.C6H13NO2/c8-7-3-1-6(2-4-7)5-9-10;1-2-3-4-7-5-6(8)9/h1-5,10H;7H,2-5H2,1H3,(H,8,9). The summed E-state index contributed by atoms with van der Waals surface area (Å²) in [6, 6.07) is 7.00. The molecule has 0 aliphatic carbocycles. The fraction of sp³-hybridized carbons (Fsp3) is 0.385. The number of carbonyl (C=O) groups is 1. The van der Waals surface area contributed by atoms with Crippen LogP contribution in [0.5, 0.6) is 0 Å². The van der Waals surface area contributed by atoms with Crippen LogP contribution in [-0.4, -0.2) is 35.6 Å². The number of hydrogen-bond acceptors (Lipinski definition) is 4. The average Bonchev–Trinajstić information content (AvgIpc) is 2.38. The van der Waals surface area contributed by atoms with Crippen molar-refractivity contribution in [1.82, 2.24) is 5.32 Å². The highest BCUT2D eigenvalue weighted by atomic mass is 35.5. The van der Waals surface area contributed by atoms with Crippen LogP contribution in [0.2, 0.25) is 5.02 Å². The van der Waals surface area contributed by atoms with Gasteiger partial charge in [-0.2, -0.15) is 0 Å². The monoisotopic (exact) mass is 286 g/mol. The summed E-state index contributed by atoms with van der Waals surface area (Å²) in [6.45, 7) is 2.96. The number of carboxylic acid groups (broad SMARTS) is 1. The second-order valence-electron chi connectivity index (χ2n) is 3.72. The molecule has 1 aromatic rings. The van der Waals surface area contributed by atoms with Crippen molar-refractivity contribution in [2.24, 2.45) is 5.16 Å². The van der Waals surface area contributed by atoms with Gasteiger partial charge in [0.1, 0.15) is 0 Å². The molecule has 0 aliphatic heterocycles. The van der Waals surface area contributed by atoms with Crippen LogP contribution in [0.25, 0.3) is 0 Å². The molecule has 0 heterocycles. The molecule has 0 amide bonds. The quantitative estimate of drug-likeness (QED) is 0.325. The van der Waals surface area contributed by atoms with Crippen LogP contribution < -0.4 is 5.32 Å². The van der Waals surface area contributed by atoms with E-state index in [1.807, 2.05) is 0 Å². The molecule has 0 spiro atoms. The molecule has 3 N–H and O–H groups in total. The maximum atomic E-state index is 9.90. The van der Waals surface area contributed by atoms with Gasteiger partial charge in [-0.05, 0) is 30.7 Å². The van der Waals surface area contributed by atoms with Crippen molar-refractivity contribution < 1.29 is 15.1 Å². The molecule has 1 rings (SSSR count). The Hall–Kier alpha value is -1.59. The molecular weight excluding hydrogens is 268 g/mol. The number of benzene rings is 1. The molecule has 1 aromatic carbocycles. The van der Waals surface area contributed by atoms with Crippen molar-refractivity contribution >= 4 is 23.8 Å². The first-order valence-corrected chi connectivity index (χ1v) is 6.33. The molecule has 0 aliphatic rings. The number of unbranched alkanes of at least 4 members (excludes halogenated alkanes) is 1. The largest absolute Gasteiger partial charge is 0.480 e. The van der Waals surface area contributed by atoms with Crippen molar-refractivity contribution in [2.45, 2.75) is 19.8 Å². The molecule has 6 heteroatoms. The first kappa shape index (κ1) is 17.4. The molecule has 0 unspecified atom stereocenters. The Labute approximate surface area is 117 Å². The Morgan fingerprint density at radius 3 is 2.53 bits per heavy atom. The van der Waals surface area contributed by atoms with E-state index < -0.39 is 5.97 Å². The van der Waals surface area contributed by atoms with Gasteiger partial charge < -0.3 is 15.6 Å². The van der Waals surface area contributed by atoms with E-state index in [9.17, 15) is 4.79 Å². The maximum absolute atomic E-state index is 9.90. The molecule has 19 heavy (non-hydrogen) atoms. The van der Waals surface area contributed by atoms with E-state index in [1.54, 1.807) is 24.3 Å². The van der Waals surface area contributed by atoms with Crippen LogP contribution in [0.1, 0.15) is 25.3 Å². The predicted octanol–water partition coefficient (Wildman–Crippen LogP) is 2.61. The summed E-state index contributed by atoms with van der Waals surface area (Å²) in [7, 11) is 0. The van der Waals surface area contributed by atoms with E-state index in [2.05, 4.69) is 17.4 Å². The Balaban J connectivity index is 0.000000344. The number of oxime groups is 1. The molecule has 0 fully saturated rings. The molecular formula is C13H19ClN2O3. The molecule has 0 radical (unpaired) electrons. The van der Waals surface area contributed by atoms with Gasteiger partial charge in [-0.1, -0.05) is 42.2 Å². The zero-order chi connectivity index (χ0) is 14.5. The van der Waals surface area contributed by atoms with E-state index in [-0.39, 0.29) is 6.54 Å². The third-order valence-electron chi connectivity index (χ3n) is 2.06. The number of aliphatic carboxylic acids is 1. The summed E-state index contributed by atoms with van der Waals surface area (Å²) in [5.41, 5.74) is 0.826. The van der Waals surface area contributed by atoms with E-state index in [0.29, 0.717) is 5.02 Å². The second-order valence-corrected chi connectivity index (χ2v) is 4.16. The smallest absolute Gasteiger partial charge is 0.317 e. The number of nitrogens with zero attached hydrogens (tertiary/aromatic N) is 1. The van der Waals surface area contributed by atoms with Gasteiger partial charge in [-0.15, -0.1) is 0 Å². The van der Waals surface area contributed by atoms with Gasteiger partial charge >= 0.3 is 5.97 Å². The Bertz CT molecular complexity index is 380. The van der Waals surface area contributed by atoms with E-state index in [1.165, 1.54) is 6.21 Å². The van der Waals surface area contributed by atoms with Crippen LogP contribution >= 0.6 is 11.6 Å². The van der Waals surface area contributed by atoms with E-state index in [4.69, 9.17) is 21.9 Å². The molecule has 0 saturated carbocycles. The summed E-state index contributed by atoms with van der Waals surface area (Å²) >= 11 is 5.60. The van der Waals surface area contributed by atoms with Crippen LogP contribution in [0.3, 0.4) is 0 Å². The zero-order valence-electron chi connectivity index (χ0n) is 10.8. The average molecular weight is 287 g/mol. The lowest BCUT2D eigenvalue weighted by molar-refractivity contribution is -0.135. The van der Waals surface area contributed by atoms with Crippen LogP contribution in [0.15, 0.2) is 29.4 Å². The normalized spacial score (nSPS) is 10.0. The van der Waals surface area contributed by atoms with Crippen molar-refractivity contribution in [2.75, 3.05) is 13.1 Å². The van der Waals surface area contributed by atoms with E-state index >= 15 is 0 Å². The van der Waals surface area contributed by atoms with Crippen LogP contribution in [0, 0.1) is 0 Å². The van der Waals surface area contributed by atoms with Gasteiger partial charge in [0, 0.05) is 5.02 Å². The summed E-state index contributed by atoms with van der Waals surface area (Å²) in [6.07, 6.45) is 3.50. The molecule has 106 valence electrons. The second kappa shape index (κ2) is 11.5. The molecule has 5 nitrogen and oxygen atoms in total.